The van der Waals surface area contributed by atoms with Crippen LogP contribution in [0.1, 0.15) is 44.7 Å². The number of carbonyl (C=O) groups is 2. The molecule has 1 amide bonds. The van der Waals surface area contributed by atoms with Crippen molar-refractivity contribution in [3.63, 3.8) is 0 Å². The summed E-state index contributed by atoms with van der Waals surface area (Å²) in [4.78, 5) is 26.6. The highest BCUT2D eigenvalue weighted by Gasteiger charge is 2.34. The van der Waals surface area contributed by atoms with Gasteiger partial charge in [0.15, 0.2) is 5.78 Å². The van der Waals surface area contributed by atoms with Gasteiger partial charge in [0.2, 0.25) is 0 Å². The number of ketones is 1. The Morgan fingerprint density at radius 3 is 2.69 bits per heavy atom. The summed E-state index contributed by atoms with van der Waals surface area (Å²) in [6.07, 6.45) is 2.56. The van der Waals surface area contributed by atoms with Crippen molar-refractivity contribution in [2.24, 2.45) is 5.92 Å². The lowest BCUT2D eigenvalue weighted by molar-refractivity contribution is 0.0764. The quantitative estimate of drug-likeness (QED) is 0.927. The molecule has 1 aliphatic heterocycles. The number of likely N-dealkylation sites (tertiary alicyclic amines) is 1. The second-order valence-corrected chi connectivity index (χ2v) is 7.38. The molecule has 4 nitrogen and oxygen atoms in total. The number of rotatable bonds is 3. The maximum atomic E-state index is 12.9. The molecule has 0 radical (unpaired) electrons. The minimum atomic E-state index is -0.502. The first-order chi connectivity index (χ1) is 12.6. The Bertz CT molecular complexity index is 831. The van der Waals surface area contributed by atoms with E-state index in [4.69, 9.17) is 0 Å². The van der Waals surface area contributed by atoms with E-state index in [0.717, 1.165) is 30.4 Å². The highest BCUT2D eigenvalue weighted by molar-refractivity contribution is 6.01. The van der Waals surface area contributed by atoms with Gasteiger partial charge in [-0.15, -0.1) is 0 Å². The maximum Gasteiger partial charge on any atom is 0.253 e. The minimum absolute atomic E-state index is 0.0552. The third-order valence-electron chi connectivity index (χ3n) is 5.54. The van der Waals surface area contributed by atoms with Gasteiger partial charge in [0.05, 0.1) is 6.10 Å². The summed E-state index contributed by atoms with van der Waals surface area (Å²) in [5.74, 6) is 0.172. The Morgan fingerprint density at radius 1 is 1.08 bits per heavy atom. The molecule has 2 aromatic carbocycles. The van der Waals surface area contributed by atoms with Crippen molar-refractivity contribution in [1.82, 2.24) is 4.90 Å². The summed E-state index contributed by atoms with van der Waals surface area (Å²) in [5, 5.41) is 10.4. The number of β-amino-alcohol motifs (C(OH)–C–C–N with tert-alkyl or cyclic N) is 1. The van der Waals surface area contributed by atoms with Crippen LogP contribution in [0.5, 0.6) is 0 Å². The molecule has 134 valence electrons. The van der Waals surface area contributed by atoms with Gasteiger partial charge in [-0.3, -0.25) is 9.59 Å². The molecular formula is C22H23NO3. The highest BCUT2D eigenvalue weighted by atomic mass is 16.3. The van der Waals surface area contributed by atoms with Crippen LogP contribution in [0.25, 0.3) is 0 Å². The summed E-state index contributed by atoms with van der Waals surface area (Å²) >= 11 is 0. The number of fused-ring (bicyclic) bond motifs is 1. The Morgan fingerprint density at radius 2 is 1.88 bits per heavy atom. The van der Waals surface area contributed by atoms with Crippen LogP contribution in [-0.2, 0) is 12.8 Å². The molecule has 2 unspecified atom stereocenters. The number of aliphatic hydroxyl groups is 1. The zero-order valence-corrected chi connectivity index (χ0v) is 14.7. The van der Waals surface area contributed by atoms with Gasteiger partial charge >= 0.3 is 0 Å². The lowest BCUT2D eigenvalue weighted by Gasteiger charge is -2.19. The number of amides is 1. The molecule has 1 heterocycles. The van der Waals surface area contributed by atoms with Gasteiger partial charge in [0.25, 0.3) is 5.91 Å². The molecule has 0 aromatic heterocycles. The van der Waals surface area contributed by atoms with Crippen LogP contribution < -0.4 is 0 Å². The molecule has 1 saturated heterocycles. The molecule has 26 heavy (non-hydrogen) atoms. The fourth-order valence-corrected chi connectivity index (χ4v) is 4.10. The van der Waals surface area contributed by atoms with Crippen LogP contribution in [0.3, 0.4) is 0 Å². The van der Waals surface area contributed by atoms with E-state index in [1.807, 2.05) is 24.3 Å². The topological polar surface area (TPSA) is 57.6 Å². The molecule has 1 fully saturated rings. The van der Waals surface area contributed by atoms with Gasteiger partial charge < -0.3 is 10.0 Å². The van der Waals surface area contributed by atoms with Crippen molar-refractivity contribution in [3.05, 3.63) is 70.8 Å². The molecule has 4 rings (SSSR count). The Labute approximate surface area is 153 Å². The number of hydrogen-bond donors (Lipinski definition) is 1. The molecule has 2 atom stereocenters. The van der Waals surface area contributed by atoms with Crippen LogP contribution in [0.4, 0.5) is 0 Å². The molecule has 2 aliphatic rings. The van der Waals surface area contributed by atoms with Crippen molar-refractivity contribution in [2.45, 2.75) is 31.8 Å². The summed E-state index contributed by atoms with van der Waals surface area (Å²) in [6, 6.07) is 15.5. The molecule has 0 bridgehead atoms. The van der Waals surface area contributed by atoms with Crippen molar-refractivity contribution in [2.75, 3.05) is 13.1 Å². The lowest BCUT2D eigenvalue weighted by Crippen LogP contribution is -2.30. The first kappa shape index (κ1) is 17.0. The molecule has 1 N–H and O–H groups in total. The van der Waals surface area contributed by atoms with E-state index in [1.54, 1.807) is 17.0 Å². The van der Waals surface area contributed by atoms with Crippen LogP contribution in [0.15, 0.2) is 48.5 Å². The molecule has 0 spiro atoms. The average Bonchev–Trinajstić information content (AvgIpc) is 3.02. The highest BCUT2D eigenvalue weighted by Crippen LogP contribution is 2.26. The van der Waals surface area contributed by atoms with E-state index in [0.29, 0.717) is 25.1 Å². The molecule has 2 aromatic rings. The molecule has 1 aliphatic carbocycles. The third-order valence-corrected chi connectivity index (χ3v) is 5.54. The van der Waals surface area contributed by atoms with Crippen LogP contribution >= 0.6 is 0 Å². The zero-order valence-electron chi connectivity index (χ0n) is 14.7. The predicted octanol–water partition coefficient (Wildman–Crippen LogP) is 2.88. The maximum absolute atomic E-state index is 12.9. The first-order valence-electron chi connectivity index (χ1n) is 9.29. The van der Waals surface area contributed by atoms with Gasteiger partial charge in [-0.2, -0.15) is 0 Å². The summed E-state index contributed by atoms with van der Waals surface area (Å²) in [5.41, 5.74) is 3.54. The minimum Gasteiger partial charge on any atom is -0.391 e. The van der Waals surface area contributed by atoms with Crippen LogP contribution in [0, 0.1) is 5.92 Å². The second-order valence-electron chi connectivity index (χ2n) is 7.38. The van der Waals surface area contributed by atoms with Gasteiger partial charge in [0, 0.05) is 36.6 Å². The van der Waals surface area contributed by atoms with Crippen molar-refractivity contribution >= 4 is 11.7 Å². The Kier molecular flexibility index (Phi) is 4.60. The number of hydrogen-bond acceptors (Lipinski definition) is 3. The SMILES string of the molecule is O=C1CCCc2cc(C(=O)N3CC(O)C(Cc4ccccc4)C3)ccc21. The van der Waals surface area contributed by atoms with E-state index in [2.05, 4.69) is 12.1 Å². The van der Waals surface area contributed by atoms with Gasteiger partial charge in [-0.25, -0.2) is 0 Å². The molecule has 0 saturated carbocycles. The number of benzene rings is 2. The summed E-state index contributed by atoms with van der Waals surface area (Å²) in [7, 11) is 0. The lowest BCUT2D eigenvalue weighted by atomic mass is 9.89. The van der Waals surface area contributed by atoms with E-state index in [-0.39, 0.29) is 17.6 Å². The smallest absolute Gasteiger partial charge is 0.253 e. The van der Waals surface area contributed by atoms with E-state index in [9.17, 15) is 14.7 Å². The Hall–Kier alpha value is -2.46. The largest absolute Gasteiger partial charge is 0.391 e. The standard InChI is InChI=1S/C22H23NO3/c24-20-8-4-7-16-12-17(9-10-19(16)20)22(26)23-13-18(21(25)14-23)11-15-5-2-1-3-6-15/h1-3,5-6,9-10,12,18,21,25H,4,7-8,11,13-14H2. The summed E-state index contributed by atoms with van der Waals surface area (Å²) < 4.78 is 0. The number of aliphatic hydroxyl groups excluding tert-OH is 1. The molecule has 4 heteroatoms. The first-order valence-corrected chi connectivity index (χ1v) is 9.29. The van der Waals surface area contributed by atoms with Gasteiger partial charge in [0.1, 0.15) is 0 Å². The van der Waals surface area contributed by atoms with Crippen molar-refractivity contribution in [1.29, 1.82) is 0 Å². The van der Waals surface area contributed by atoms with E-state index < -0.39 is 6.10 Å². The molecular weight excluding hydrogens is 326 g/mol. The van der Waals surface area contributed by atoms with Crippen molar-refractivity contribution in [3.8, 4) is 0 Å². The van der Waals surface area contributed by atoms with Gasteiger partial charge in [-0.05, 0) is 42.5 Å². The van der Waals surface area contributed by atoms with Crippen LogP contribution in [0.2, 0.25) is 0 Å². The number of Topliss-reactive ketones (excluding diaryl/α,β-unsaturated/α-hetero) is 1. The van der Waals surface area contributed by atoms with Crippen LogP contribution in [-0.4, -0.2) is 40.9 Å². The normalized spacial score (nSPS) is 22.3. The van der Waals surface area contributed by atoms with E-state index in [1.165, 1.54) is 5.56 Å². The van der Waals surface area contributed by atoms with Gasteiger partial charge in [-0.1, -0.05) is 36.4 Å². The van der Waals surface area contributed by atoms with E-state index >= 15 is 0 Å². The number of aryl methyl sites for hydroxylation is 1. The monoisotopic (exact) mass is 349 g/mol. The average molecular weight is 349 g/mol. The predicted molar refractivity (Wildman–Crippen MR) is 99.3 cm³/mol. The van der Waals surface area contributed by atoms with Crippen molar-refractivity contribution < 1.29 is 14.7 Å². The zero-order chi connectivity index (χ0) is 18.1. The third kappa shape index (κ3) is 3.29. The second kappa shape index (κ2) is 7.04. The Balaban J connectivity index is 1.48. The number of nitrogens with zero attached hydrogens (tertiary/aromatic N) is 1. The fourth-order valence-electron chi connectivity index (χ4n) is 4.10. The fraction of sp³-hybridized carbons (Fsp3) is 0.364. The number of carbonyl (C=O) groups excluding carboxylic acids is 2. The summed E-state index contributed by atoms with van der Waals surface area (Å²) in [6.45, 7) is 0.928.